The molecule has 1 amide bonds. The lowest BCUT2D eigenvalue weighted by molar-refractivity contribution is 0.0937. The van der Waals surface area contributed by atoms with Crippen molar-refractivity contribution in [1.82, 2.24) is 15.1 Å². The number of rotatable bonds is 4. The van der Waals surface area contributed by atoms with Gasteiger partial charge in [-0.05, 0) is 19.1 Å². The lowest BCUT2D eigenvalue weighted by atomic mass is 10.3. The zero-order valence-corrected chi connectivity index (χ0v) is 9.51. The molecule has 0 saturated carbocycles. The molecular weight excluding hydrogens is 220 g/mol. The molecular formula is C11H14N4O2. The van der Waals surface area contributed by atoms with Gasteiger partial charge in [-0.3, -0.25) is 9.48 Å². The van der Waals surface area contributed by atoms with E-state index in [1.165, 1.54) is 0 Å². The molecule has 17 heavy (non-hydrogen) atoms. The van der Waals surface area contributed by atoms with Crippen LogP contribution in [0, 0.1) is 0 Å². The first kappa shape index (κ1) is 11.3. The molecule has 6 heteroatoms. The Morgan fingerprint density at radius 2 is 2.47 bits per heavy atom. The Morgan fingerprint density at radius 3 is 3.12 bits per heavy atom. The van der Waals surface area contributed by atoms with E-state index in [2.05, 4.69) is 10.4 Å². The molecule has 0 saturated heterocycles. The monoisotopic (exact) mass is 234 g/mol. The number of nitrogen functional groups attached to an aromatic ring is 1. The summed E-state index contributed by atoms with van der Waals surface area (Å²) in [7, 11) is 0. The summed E-state index contributed by atoms with van der Waals surface area (Å²) in [6, 6.07) is 5.13. The van der Waals surface area contributed by atoms with Gasteiger partial charge >= 0.3 is 0 Å². The third kappa shape index (κ3) is 2.47. The van der Waals surface area contributed by atoms with Crippen LogP contribution in [0.5, 0.6) is 0 Å². The van der Waals surface area contributed by atoms with Crippen molar-refractivity contribution in [3.8, 4) is 0 Å². The number of carbonyl (C=O) groups is 1. The molecule has 0 bridgehead atoms. The molecule has 0 radical (unpaired) electrons. The number of anilines is 1. The van der Waals surface area contributed by atoms with Crippen LogP contribution in [0.3, 0.4) is 0 Å². The molecule has 0 aromatic carbocycles. The zero-order valence-electron chi connectivity index (χ0n) is 9.51. The van der Waals surface area contributed by atoms with E-state index in [0.717, 1.165) is 0 Å². The van der Waals surface area contributed by atoms with Gasteiger partial charge in [-0.15, -0.1) is 0 Å². The van der Waals surface area contributed by atoms with Gasteiger partial charge in [0.25, 0.3) is 5.91 Å². The minimum atomic E-state index is -0.215. The number of amides is 1. The van der Waals surface area contributed by atoms with Crippen molar-refractivity contribution in [2.75, 3.05) is 5.73 Å². The van der Waals surface area contributed by atoms with E-state index in [1.54, 1.807) is 29.1 Å². The number of carbonyl (C=O) groups excluding carboxylic acids is 1. The van der Waals surface area contributed by atoms with Crippen LogP contribution >= 0.6 is 0 Å². The maximum Gasteiger partial charge on any atom is 0.270 e. The van der Waals surface area contributed by atoms with Crippen LogP contribution in [0.2, 0.25) is 0 Å². The summed E-state index contributed by atoms with van der Waals surface area (Å²) in [5.41, 5.74) is 6.01. The molecule has 0 fully saturated rings. The first-order valence-electron chi connectivity index (χ1n) is 5.34. The normalized spacial score (nSPS) is 10.4. The fourth-order valence-corrected chi connectivity index (χ4v) is 1.53. The van der Waals surface area contributed by atoms with Crippen molar-refractivity contribution >= 4 is 11.7 Å². The van der Waals surface area contributed by atoms with Gasteiger partial charge in [-0.2, -0.15) is 5.10 Å². The van der Waals surface area contributed by atoms with Crippen LogP contribution in [0.1, 0.15) is 23.2 Å². The molecule has 6 nitrogen and oxygen atoms in total. The number of furan rings is 1. The maximum atomic E-state index is 11.9. The van der Waals surface area contributed by atoms with Gasteiger partial charge < -0.3 is 15.5 Å². The third-order valence-electron chi connectivity index (χ3n) is 2.33. The highest BCUT2D eigenvalue weighted by atomic mass is 16.3. The molecule has 2 aromatic rings. The maximum absolute atomic E-state index is 11.9. The van der Waals surface area contributed by atoms with Gasteiger partial charge in [-0.1, -0.05) is 0 Å². The van der Waals surface area contributed by atoms with Gasteiger partial charge in [-0.25, -0.2) is 0 Å². The average molecular weight is 234 g/mol. The van der Waals surface area contributed by atoms with Gasteiger partial charge in [0.05, 0.1) is 12.8 Å². The molecule has 2 aromatic heterocycles. The first-order chi connectivity index (χ1) is 8.20. The number of aryl methyl sites for hydroxylation is 1. The fourth-order valence-electron chi connectivity index (χ4n) is 1.53. The summed E-state index contributed by atoms with van der Waals surface area (Å²) in [4.78, 5) is 11.9. The molecule has 0 spiro atoms. The number of hydrogen-bond acceptors (Lipinski definition) is 4. The lowest BCUT2D eigenvalue weighted by Crippen LogP contribution is -2.25. The smallest absolute Gasteiger partial charge is 0.270 e. The van der Waals surface area contributed by atoms with Crippen LogP contribution < -0.4 is 11.1 Å². The van der Waals surface area contributed by atoms with E-state index in [1.807, 2.05) is 6.92 Å². The summed E-state index contributed by atoms with van der Waals surface area (Å²) in [5.74, 6) is 0.830. The highest BCUT2D eigenvalue weighted by Crippen LogP contribution is 2.06. The molecule has 2 rings (SSSR count). The highest BCUT2D eigenvalue weighted by Gasteiger charge is 2.13. The second-order valence-electron chi connectivity index (χ2n) is 3.53. The van der Waals surface area contributed by atoms with Crippen LogP contribution in [0.4, 0.5) is 5.82 Å². The van der Waals surface area contributed by atoms with Crippen molar-refractivity contribution in [2.24, 2.45) is 0 Å². The van der Waals surface area contributed by atoms with Gasteiger partial charge in [0.15, 0.2) is 0 Å². The van der Waals surface area contributed by atoms with Gasteiger partial charge in [0, 0.05) is 12.6 Å². The molecule has 0 atom stereocenters. The Bertz CT molecular complexity index is 502. The summed E-state index contributed by atoms with van der Waals surface area (Å²) in [6.07, 6.45) is 1.57. The largest absolute Gasteiger partial charge is 0.467 e. The summed E-state index contributed by atoms with van der Waals surface area (Å²) >= 11 is 0. The van der Waals surface area contributed by atoms with Crippen molar-refractivity contribution in [2.45, 2.75) is 20.0 Å². The summed E-state index contributed by atoms with van der Waals surface area (Å²) < 4.78 is 6.68. The van der Waals surface area contributed by atoms with Crippen LogP contribution in [-0.2, 0) is 13.1 Å². The Hall–Kier alpha value is -2.24. The molecule has 0 aliphatic heterocycles. The first-order valence-corrected chi connectivity index (χ1v) is 5.34. The van der Waals surface area contributed by atoms with E-state index in [0.29, 0.717) is 30.4 Å². The van der Waals surface area contributed by atoms with Crippen molar-refractivity contribution in [3.05, 3.63) is 35.9 Å². The predicted octanol–water partition coefficient (Wildman–Crippen LogP) is 1.01. The second-order valence-corrected chi connectivity index (χ2v) is 3.53. The van der Waals surface area contributed by atoms with E-state index in [9.17, 15) is 4.79 Å². The van der Waals surface area contributed by atoms with E-state index >= 15 is 0 Å². The van der Waals surface area contributed by atoms with Gasteiger partial charge in [0.1, 0.15) is 17.3 Å². The quantitative estimate of drug-likeness (QED) is 0.826. The topological polar surface area (TPSA) is 86.1 Å². The number of nitrogens with two attached hydrogens (primary N) is 1. The summed E-state index contributed by atoms with van der Waals surface area (Å²) in [5, 5.41) is 6.75. The second kappa shape index (κ2) is 4.73. The minimum absolute atomic E-state index is 0.215. The standard InChI is InChI=1S/C11H14N4O2/c1-2-15-9(6-10(12)14-15)11(16)13-7-8-4-3-5-17-8/h3-6H,2,7H2,1H3,(H2,12,14)(H,13,16). The average Bonchev–Trinajstić information content (AvgIpc) is 2.94. The SMILES string of the molecule is CCn1nc(N)cc1C(=O)NCc1ccco1. The number of hydrogen-bond donors (Lipinski definition) is 2. The van der Waals surface area contributed by atoms with Crippen molar-refractivity contribution in [3.63, 3.8) is 0 Å². The molecule has 0 aliphatic carbocycles. The molecule has 0 aliphatic rings. The van der Waals surface area contributed by atoms with Crippen molar-refractivity contribution in [1.29, 1.82) is 0 Å². The Labute approximate surface area is 98.4 Å². The number of aromatic nitrogens is 2. The molecule has 2 heterocycles. The van der Waals surface area contributed by atoms with E-state index in [-0.39, 0.29) is 5.91 Å². The number of nitrogens with zero attached hydrogens (tertiary/aromatic N) is 2. The molecule has 90 valence electrons. The Balaban J connectivity index is 2.04. The van der Waals surface area contributed by atoms with E-state index in [4.69, 9.17) is 10.2 Å². The lowest BCUT2D eigenvalue weighted by Gasteiger charge is -2.04. The van der Waals surface area contributed by atoms with Crippen LogP contribution in [0.15, 0.2) is 28.9 Å². The number of nitrogens with one attached hydrogen (secondary N) is 1. The minimum Gasteiger partial charge on any atom is -0.467 e. The third-order valence-corrected chi connectivity index (χ3v) is 2.33. The van der Waals surface area contributed by atoms with Gasteiger partial charge in [0.2, 0.25) is 0 Å². The predicted molar refractivity (Wildman–Crippen MR) is 62.2 cm³/mol. The molecule has 0 unspecified atom stereocenters. The van der Waals surface area contributed by atoms with E-state index < -0.39 is 0 Å². The van der Waals surface area contributed by atoms with Crippen LogP contribution in [-0.4, -0.2) is 15.7 Å². The fraction of sp³-hybridized carbons (Fsp3) is 0.273. The highest BCUT2D eigenvalue weighted by molar-refractivity contribution is 5.93. The van der Waals surface area contributed by atoms with Crippen LogP contribution in [0.25, 0.3) is 0 Å². The summed E-state index contributed by atoms with van der Waals surface area (Å²) in [6.45, 7) is 2.84. The Kier molecular flexibility index (Phi) is 3.13. The zero-order chi connectivity index (χ0) is 12.3. The molecule has 3 N–H and O–H groups in total. The Morgan fingerprint density at radius 1 is 1.65 bits per heavy atom. The van der Waals surface area contributed by atoms with Crippen molar-refractivity contribution < 1.29 is 9.21 Å².